The van der Waals surface area contributed by atoms with E-state index in [1.165, 1.54) is 13.8 Å². The fourth-order valence-corrected chi connectivity index (χ4v) is 5.43. The predicted molar refractivity (Wildman–Crippen MR) is 119 cm³/mol. The number of alkyl halides is 7. The summed E-state index contributed by atoms with van der Waals surface area (Å²) in [6.45, 7) is 4.37. The molecule has 0 saturated carbocycles. The van der Waals surface area contributed by atoms with Crippen LogP contribution in [0.3, 0.4) is 0 Å². The average molecular weight is 509 g/mol. The molecule has 1 aliphatic carbocycles. The number of fused-ring (bicyclic) bond motifs is 4. The van der Waals surface area contributed by atoms with Crippen LogP contribution in [-0.4, -0.2) is 41.3 Å². The first-order chi connectivity index (χ1) is 16.5. The van der Waals surface area contributed by atoms with Crippen molar-refractivity contribution in [3.63, 3.8) is 0 Å². The number of hydrogen-bond acceptors (Lipinski definition) is 2. The number of aryl methyl sites for hydroxylation is 2. The Hall–Kier alpha value is -3.43. The van der Waals surface area contributed by atoms with Gasteiger partial charge in [0.1, 0.15) is 0 Å². The summed E-state index contributed by atoms with van der Waals surface area (Å²) in [5, 5.41) is 1.83. The van der Waals surface area contributed by atoms with Crippen LogP contribution >= 0.6 is 0 Å². The molecule has 0 fully saturated rings. The zero-order chi connectivity index (χ0) is 26.7. The molecule has 5 rings (SSSR count). The summed E-state index contributed by atoms with van der Waals surface area (Å²) in [6.07, 6.45) is -6.57. The molecule has 0 atom stereocenters. The van der Waals surface area contributed by atoms with Gasteiger partial charge in [-0.2, -0.15) is 30.7 Å². The minimum atomic E-state index is -6.57. The van der Waals surface area contributed by atoms with Gasteiger partial charge in [0.25, 0.3) is 11.8 Å². The maximum atomic E-state index is 14.2. The van der Waals surface area contributed by atoms with Gasteiger partial charge in [-0.15, -0.1) is 0 Å². The van der Waals surface area contributed by atoms with E-state index < -0.39 is 36.4 Å². The number of nitrogens with zero attached hydrogens (tertiary/aromatic N) is 1. The van der Waals surface area contributed by atoms with Crippen LogP contribution in [0.2, 0.25) is 0 Å². The summed E-state index contributed by atoms with van der Waals surface area (Å²) in [5.74, 6) is -14.8. The fraction of sp³-hybridized carbons (Fsp3) is 0.308. The van der Waals surface area contributed by atoms with Crippen molar-refractivity contribution in [2.24, 2.45) is 0 Å². The van der Waals surface area contributed by atoms with Crippen LogP contribution in [0.15, 0.2) is 24.3 Å². The number of halogens is 7. The van der Waals surface area contributed by atoms with E-state index in [1.807, 2.05) is 38.1 Å². The van der Waals surface area contributed by atoms with E-state index in [4.69, 9.17) is 0 Å². The second-order valence-corrected chi connectivity index (χ2v) is 9.39. The second kappa shape index (κ2) is 7.08. The quantitative estimate of drug-likeness (QED) is 0.217. The summed E-state index contributed by atoms with van der Waals surface area (Å²) in [6, 6.07) is 7.70. The lowest BCUT2D eigenvalue weighted by Crippen LogP contribution is -2.57. The van der Waals surface area contributed by atoms with Crippen LogP contribution in [0.4, 0.5) is 30.7 Å². The minimum Gasteiger partial charge on any atom is -0.269 e. The topological polar surface area (TPSA) is 37.4 Å². The van der Waals surface area contributed by atoms with Gasteiger partial charge >= 0.3 is 18.0 Å². The third kappa shape index (κ3) is 2.87. The highest BCUT2D eigenvalue weighted by atomic mass is 19.4. The van der Waals surface area contributed by atoms with Crippen molar-refractivity contribution in [2.75, 3.05) is 6.54 Å². The Morgan fingerprint density at radius 1 is 0.722 bits per heavy atom. The number of hydrogen-bond donors (Lipinski definition) is 0. The van der Waals surface area contributed by atoms with Gasteiger partial charge in [-0.05, 0) is 83.0 Å². The molecule has 0 bridgehead atoms. The molecule has 0 radical (unpaired) electrons. The van der Waals surface area contributed by atoms with Crippen LogP contribution < -0.4 is 0 Å². The molecule has 0 N–H and O–H groups in total. The van der Waals surface area contributed by atoms with Gasteiger partial charge < -0.3 is 0 Å². The Bertz CT molecular complexity index is 1540. The van der Waals surface area contributed by atoms with Crippen LogP contribution in [0.5, 0.6) is 0 Å². The molecular weight excluding hydrogens is 491 g/mol. The highest BCUT2D eigenvalue weighted by Crippen LogP contribution is 2.55. The monoisotopic (exact) mass is 509 g/mol. The van der Waals surface area contributed by atoms with Gasteiger partial charge in [-0.1, -0.05) is 24.3 Å². The van der Waals surface area contributed by atoms with Crippen molar-refractivity contribution in [3.8, 4) is 22.3 Å². The maximum absolute atomic E-state index is 14.2. The minimum absolute atomic E-state index is 0.204. The van der Waals surface area contributed by atoms with Crippen LogP contribution in [0.1, 0.15) is 43.0 Å². The van der Waals surface area contributed by atoms with Crippen molar-refractivity contribution >= 4 is 22.6 Å². The second-order valence-electron chi connectivity index (χ2n) is 9.39. The Kier molecular flexibility index (Phi) is 4.77. The zero-order valence-corrected chi connectivity index (χ0v) is 19.4. The Morgan fingerprint density at radius 3 is 1.83 bits per heavy atom. The number of carbonyl (C=O) groups excluding carboxylic acids is 2. The molecule has 3 aromatic rings. The molecule has 0 unspecified atom stereocenters. The van der Waals surface area contributed by atoms with Crippen LogP contribution in [0.25, 0.3) is 33.0 Å². The summed E-state index contributed by atoms with van der Waals surface area (Å²) >= 11 is 0. The Balaban J connectivity index is 1.71. The normalized spacial score (nSPS) is 15.2. The summed E-state index contributed by atoms with van der Waals surface area (Å²) in [7, 11) is 0. The fourth-order valence-electron chi connectivity index (χ4n) is 5.43. The summed E-state index contributed by atoms with van der Waals surface area (Å²) in [5.41, 5.74) is 4.61. The molecule has 2 aliphatic rings. The first-order valence-corrected chi connectivity index (χ1v) is 10.9. The van der Waals surface area contributed by atoms with E-state index in [-0.39, 0.29) is 27.2 Å². The lowest BCUT2D eigenvalue weighted by molar-refractivity contribution is -0.354. The molecule has 0 aromatic heterocycles. The van der Waals surface area contributed by atoms with Gasteiger partial charge in [-0.3, -0.25) is 14.5 Å². The molecule has 1 aliphatic heterocycles. The number of rotatable bonds is 3. The van der Waals surface area contributed by atoms with E-state index in [1.54, 1.807) is 0 Å². The van der Waals surface area contributed by atoms with Gasteiger partial charge in [0, 0.05) is 0 Å². The first kappa shape index (κ1) is 24.3. The highest BCUT2D eigenvalue weighted by molar-refractivity contribution is 6.27. The summed E-state index contributed by atoms with van der Waals surface area (Å²) < 4.78 is 93.4. The smallest absolute Gasteiger partial charge is 0.269 e. The number of carbonyl (C=O) groups is 2. The maximum Gasteiger partial charge on any atom is 0.459 e. The van der Waals surface area contributed by atoms with E-state index >= 15 is 0 Å². The van der Waals surface area contributed by atoms with Gasteiger partial charge in [0.05, 0.1) is 17.7 Å². The summed E-state index contributed by atoms with van der Waals surface area (Å²) in [4.78, 5) is 26.1. The van der Waals surface area contributed by atoms with Crippen molar-refractivity contribution < 1.29 is 40.3 Å². The molecule has 3 nitrogen and oxygen atoms in total. The highest BCUT2D eigenvalue weighted by Gasteiger charge is 2.73. The molecule has 188 valence electrons. The third-order valence-electron chi connectivity index (χ3n) is 7.08. The van der Waals surface area contributed by atoms with E-state index in [0.717, 1.165) is 33.0 Å². The average Bonchev–Trinajstić information content (AvgIpc) is 3.23. The SMILES string of the molecule is Cc1cc2c3c(c(C)ccc3c1)-c1c(C)c3c(c(C)c1-2)C(=O)N(CC(F)(F)C(F)(F)C(F)(F)F)C3=O. The third-order valence-corrected chi connectivity index (χ3v) is 7.08. The molecular formula is C26H18F7NO2. The van der Waals surface area contributed by atoms with Crippen LogP contribution in [0, 0.1) is 27.7 Å². The predicted octanol–water partition coefficient (Wildman–Crippen LogP) is 7.15. The van der Waals surface area contributed by atoms with Crippen molar-refractivity contribution in [3.05, 3.63) is 57.6 Å². The van der Waals surface area contributed by atoms with Crippen molar-refractivity contribution in [1.29, 1.82) is 0 Å². The van der Waals surface area contributed by atoms with Crippen molar-refractivity contribution in [2.45, 2.75) is 45.7 Å². The molecule has 0 spiro atoms. The standard InChI is InChI=1S/C26H18F7NO2/c1-10-7-14-6-5-11(2)16-18-13(4)20-19(12(3)17(18)15(8-10)21(14)16)22(35)34(23(20)36)9-24(27,28)25(29,30)26(31,32)33/h5-8H,9H2,1-4H3. The first-order valence-electron chi connectivity index (χ1n) is 10.9. The lowest BCUT2D eigenvalue weighted by Gasteiger charge is -2.30. The molecule has 10 heteroatoms. The van der Waals surface area contributed by atoms with E-state index in [9.17, 15) is 40.3 Å². The van der Waals surface area contributed by atoms with Crippen molar-refractivity contribution in [1.82, 2.24) is 4.90 Å². The number of benzene rings is 3. The zero-order valence-electron chi connectivity index (χ0n) is 19.4. The Morgan fingerprint density at radius 2 is 1.28 bits per heavy atom. The van der Waals surface area contributed by atoms with Crippen LogP contribution in [-0.2, 0) is 0 Å². The number of amides is 2. The largest absolute Gasteiger partial charge is 0.459 e. The molecule has 1 heterocycles. The molecule has 0 saturated heterocycles. The molecule has 36 heavy (non-hydrogen) atoms. The molecule has 2 amide bonds. The lowest BCUT2D eigenvalue weighted by atomic mass is 9.86. The Labute approximate surface area is 200 Å². The van der Waals surface area contributed by atoms with Gasteiger partial charge in [0.2, 0.25) is 0 Å². The van der Waals surface area contributed by atoms with E-state index in [2.05, 4.69) is 0 Å². The van der Waals surface area contributed by atoms with Gasteiger partial charge in [-0.25, -0.2) is 0 Å². The molecule has 3 aromatic carbocycles. The van der Waals surface area contributed by atoms with Gasteiger partial charge in [0.15, 0.2) is 0 Å². The number of imide groups is 1. The van der Waals surface area contributed by atoms with E-state index in [0.29, 0.717) is 11.1 Å².